The number of rotatable bonds is 9. The maximum atomic E-state index is 13.0. The summed E-state index contributed by atoms with van der Waals surface area (Å²) in [6.07, 6.45) is 5.03. The Kier molecular flexibility index (Phi) is 7.62. The Bertz CT molecular complexity index is 328. The van der Waals surface area contributed by atoms with Crippen molar-refractivity contribution < 1.29 is 4.39 Å². The monoisotopic (exact) mass is 252 g/mol. The number of benzene rings is 1. The van der Waals surface area contributed by atoms with Crippen molar-refractivity contribution in [2.75, 3.05) is 27.2 Å². The van der Waals surface area contributed by atoms with Crippen molar-refractivity contribution in [2.24, 2.45) is 0 Å². The summed E-state index contributed by atoms with van der Waals surface area (Å²) in [6, 6.07) is 6.86. The molecule has 0 radical (unpaired) electrons. The van der Waals surface area contributed by atoms with Gasteiger partial charge in [-0.05, 0) is 57.7 Å². The molecule has 0 bridgehead atoms. The second-order valence-electron chi connectivity index (χ2n) is 4.89. The third kappa shape index (κ3) is 6.72. The number of nitrogens with zero attached hydrogens (tertiary/aromatic N) is 1. The molecule has 1 aromatic carbocycles. The van der Waals surface area contributed by atoms with Gasteiger partial charge < -0.3 is 10.2 Å². The van der Waals surface area contributed by atoms with Crippen LogP contribution in [-0.4, -0.2) is 32.1 Å². The van der Waals surface area contributed by atoms with Gasteiger partial charge in [0.25, 0.3) is 0 Å². The summed E-state index contributed by atoms with van der Waals surface area (Å²) in [7, 11) is 4.09. The summed E-state index contributed by atoms with van der Waals surface area (Å²) < 4.78 is 13.0. The molecular formula is C15H25FN2. The van der Waals surface area contributed by atoms with Gasteiger partial charge in [0.05, 0.1) is 0 Å². The highest BCUT2D eigenvalue weighted by molar-refractivity contribution is 5.15. The van der Waals surface area contributed by atoms with E-state index >= 15 is 0 Å². The lowest BCUT2D eigenvalue weighted by molar-refractivity contribution is 0.316. The van der Waals surface area contributed by atoms with Crippen molar-refractivity contribution in [3.05, 3.63) is 35.6 Å². The van der Waals surface area contributed by atoms with Gasteiger partial charge in [0.2, 0.25) is 0 Å². The molecule has 1 rings (SSSR count). The van der Waals surface area contributed by atoms with E-state index in [1.165, 1.54) is 31.7 Å². The predicted octanol–water partition coefficient (Wildman–Crippen LogP) is 3.04. The Morgan fingerprint density at radius 2 is 1.94 bits per heavy atom. The van der Waals surface area contributed by atoms with Crippen LogP contribution in [0.3, 0.4) is 0 Å². The van der Waals surface area contributed by atoms with Gasteiger partial charge >= 0.3 is 0 Å². The van der Waals surface area contributed by atoms with Crippen LogP contribution < -0.4 is 5.32 Å². The van der Waals surface area contributed by atoms with Crippen molar-refractivity contribution in [3.63, 3.8) is 0 Å². The maximum absolute atomic E-state index is 13.0. The fourth-order valence-corrected chi connectivity index (χ4v) is 2.06. The van der Waals surface area contributed by atoms with Crippen LogP contribution in [0.15, 0.2) is 24.3 Å². The lowest BCUT2D eigenvalue weighted by atomic mass is 10.1. The lowest BCUT2D eigenvalue weighted by Crippen LogP contribution is -2.19. The van der Waals surface area contributed by atoms with Crippen LogP contribution in [0.1, 0.15) is 31.2 Å². The minimum absolute atomic E-state index is 0.145. The van der Waals surface area contributed by atoms with Crippen molar-refractivity contribution >= 4 is 0 Å². The number of hydrogen-bond acceptors (Lipinski definition) is 2. The van der Waals surface area contributed by atoms with Crippen LogP contribution in [0.2, 0.25) is 0 Å². The zero-order valence-corrected chi connectivity index (χ0v) is 11.6. The van der Waals surface area contributed by atoms with E-state index in [9.17, 15) is 4.39 Å². The standard InChI is InChI=1S/C15H25FN2/c1-17-10-5-3-4-6-11-18(2)13-14-8-7-9-15(16)12-14/h7-9,12,17H,3-6,10-11,13H2,1-2H3. The summed E-state index contributed by atoms with van der Waals surface area (Å²) >= 11 is 0. The molecule has 3 heteroatoms. The van der Waals surface area contributed by atoms with Crippen molar-refractivity contribution in [3.8, 4) is 0 Å². The molecular weight excluding hydrogens is 227 g/mol. The molecule has 0 aliphatic heterocycles. The summed E-state index contributed by atoms with van der Waals surface area (Å²) in [4.78, 5) is 2.26. The van der Waals surface area contributed by atoms with E-state index in [-0.39, 0.29) is 5.82 Å². The number of unbranched alkanes of at least 4 members (excludes halogenated alkanes) is 3. The average Bonchev–Trinajstić information content (AvgIpc) is 2.33. The molecule has 1 N–H and O–H groups in total. The molecule has 0 aliphatic carbocycles. The van der Waals surface area contributed by atoms with Crippen LogP contribution in [0.25, 0.3) is 0 Å². The van der Waals surface area contributed by atoms with Gasteiger partial charge in [-0.1, -0.05) is 25.0 Å². The number of nitrogens with one attached hydrogen (secondary N) is 1. The first-order chi connectivity index (χ1) is 8.72. The Balaban J connectivity index is 2.12. The minimum Gasteiger partial charge on any atom is -0.320 e. The minimum atomic E-state index is -0.145. The Labute approximate surface area is 110 Å². The molecule has 0 aliphatic rings. The van der Waals surface area contributed by atoms with E-state index in [4.69, 9.17) is 0 Å². The van der Waals surface area contributed by atoms with Gasteiger partial charge in [-0.3, -0.25) is 0 Å². The number of halogens is 1. The molecule has 18 heavy (non-hydrogen) atoms. The highest BCUT2D eigenvalue weighted by Crippen LogP contribution is 2.07. The highest BCUT2D eigenvalue weighted by atomic mass is 19.1. The summed E-state index contributed by atoms with van der Waals surface area (Å²) in [6.45, 7) is 3.02. The molecule has 0 unspecified atom stereocenters. The first-order valence-corrected chi connectivity index (χ1v) is 6.80. The van der Waals surface area contributed by atoms with E-state index in [0.717, 1.165) is 25.2 Å². The van der Waals surface area contributed by atoms with Crippen molar-refractivity contribution in [1.82, 2.24) is 10.2 Å². The van der Waals surface area contributed by atoms with Crippen molar-refractivity contribution in [1.29, 1.82) is 0 Å². The van der Waals surface area contributed by atoms with Gasteiger partial charge in [0, 0.05) is 6.54 Å². The van der Waals surface area contributed by atoms with E-state index in [1.807, 2.05) is 13.1 Å². The number of hydrogen-bond donors (Lipinski definition) is 1. The first-order valence-electron chi connectivity index (χ1n) is 6.80. The molecule has 0 aromatic heterocycles. The highest BCUT2D eigenvalue weighted by Gasteiger charge is 2.01. The molecule has 0 spiro atoms. The summed E-state index contributed by atoms with van der Waals surface area (Å²) in [5.74, 6) is -0.145. The molecule has 0 fully saturated rings. The van der Waals surface area contributed by atoms with Crippen LogP contribution in [0, 0.1) is 5.82 Å². The van der Waals surface area contributed by atoms with Gasteiger partial charge in [0.15, 0.2) is 0 Å². The second kappa shape index (κ2) is 9.06. The fraction of sp³-hybridized carbons (Fsp3) is 0.600. The quantitative estimate of drug-likeness (QED) is 0.680. The molecule has 0 heterocycles. The Morgan fingerprint density at radius 1 is 1.17 bits per heavy atom. The van der Waals surface area contributed by atoms with Crippen molar-refractivity contribution in [2.45, 2.75) is 32.2 Å². The molecule has 0 saturated carbocycles. The van der Waals surface area contributed by atoms with E-state index < -0.39 is 0 Å². The predicted molar refractivity (Wildman–Crippen MR) is 75.1 cm³/mol. The van der Waals surface area contributed by atoms with E-state index in [2.05, 4.69) is 17.3 Å². The third-order valence-corrected chi connectivity index (χ3v) is 3.06. The fourth-order valence-electron chi connectivity index (χ4n) is 2.06. The largest absolute Gasteiger partial charge is 0.320 e. The Hall–Kier alpha value is -0.930. The Morgan fingerprint density at radius 3 is 2.67 bits per heavy atom. The van der Waals surface area contributed by atoms with Gasteiger partial charge in [0.1, 0.15) is 5.82 Å². The zero-order chi connectivity index (χ0) is 13.2. The lowest BCUT2D eigenvalue weighted by Gasteiger charge is -2.16. The molecule has 2 nitrogen and oxygen atoms in total. The summed E-state index contributed by atoms with van der Waals surface area (Å²) in [5.41, 5.74) is 1.05. The van der Waals surface area contributed by atoms with Gasteiger partial charge in [-0.2, -0.15) is 0 Å². The topological polar surface area (TPSA) is 15.3 Å². The molecule has 0 saturated heterocycles. The maximum Gasteiger partial charge on any atom is 0.123 e. The smallest absolute Gasteiger partial charge is 0.123 e. The van der Waals surface area contributed by atoms with Crippen LogP contribution in [0.4, 0.5) is 4.39 Å². The second-order valence-corrected chi connectivity index (χ2v) is 4.89. The zero-order valence-electron chi connectivity index (χ0n) is 11.6. The molecule has 0 amide bonds. The molecule has 102 valence electrons. The van der Waals surface area contributed by atoms with Crippen LogP contribution >= 0.6 is 0 Å². The van der Waals surface area contributed by atoms with Crippen LogP contribution in [-0.2, 0) is 6.54 Å². The third-order valence-electron chi connectivity index (χ3n) is 3.06. The van der Waals surface area contributed by atoms with E-state index in [0.29, 0.717) is 0 Å². The average molecular weight is 252 g/mol. The molecule has 1 aromatic rings. The summed E-state index contributed by atoms with van der Waals surface area (Å²) in [5, 5.41) is 3.16. The van der Waals surface area contributed by atoms with Crippen LogP contribution in [0.5, 0.6) is 0 Å². The molecule has 0 atom stereocenters. The normalized spacial score (nSPS) is 11.1. The van der Waals surface area contributed by atoms with Gasteiger partial charge in [-0.25, -0.2) is 4.39 Å². The van der Waals surface area contributed by atoms with E-state index in [1.54, 1.807) is 12.1 Å². The SMILES string of the molecule is CNCCCCCCN(C)Cc1cccc(F)c1. The van der Waals surface area contributed by atoms with Gasteiger partial charge in [-0.15, -0.1) is 0 Å². The first kappa shape index (κ1) is 15.1.